The maximum absolute atomic E-state index is 5.76. The van der Waals surface area contributed by atoms with Crippen LogP contribution in [0.15, 0.2) is 36.4 Å². The van der Waals surface area contributed by atoms with Crippen LogP contribution in [0.4, 0.5) is 5.69 Å². The molecule has 0 aromatic heterocycles. The lowest BCUT2D eigenvalue weighted by atomic mass is 10.0. The minimum absolute atomic E-state index is 0.249. The van der Waals surface area contributed by atoms with Gasteiger partial charge < -0.3 is 19.7 Å². The second-order valence-electron chi connectivity index (χ2n) is 6.66. The fourth-order valence-electron chi connectivity index (χ4n) is 3.61. The summed E-state index contributed by atoms with van der Waals surface area (Å²) >= 11 is 5.76. The highest BCUT2D eigenvalue weighted by Crippen LogP contribution is 2.37. The first-order valence-corrected chi connectivity index (χ1v) is 9.31. The topological polar surface area (TPSA) is 33.7 Å². The third kappa shape index (κ3) is 3.63. The van der Waals surface area contributed by atoms with Gasteiger partial charge in [0.1, 0.15) is 0 Å². The van der Waals surface area contributed by atoms with Gasteiger partial charge in [0.2, 0.25) is 0 Å². The highest BCUT2D eigenvalue weighted by atomic mass is 32.1. The summed E-state index contributed by atoms with van der Waals surface area (Å²) in [5, 5.41) is 4.25. The summed E-state index contributed by atoms with van der Waals surface area (Å²) in [5.41, 5.74) is 4.71. The normalized spacial score (nSPS) is 16.5. The molecule has 0 unspecified atom stereocenters. The molecular weight excluding hydrogens is 344 g/mol. The molecular formula is C21H26N2O2S. The molecule has 0 spiro atoms. The number of hydrogen-bond acceptors (Lipinski definition) is 3. The van der Waals surface area contributed by atoms with Crippen molar-refractivity contribution in [3.05, 3.63) is 53.1 Å². The predicted octanol–water partition coefficient (Wildman–Crippen LogP) is 4.85. The van der Waals surface area contributed by atoms with Crippen LogP contribution in [0.1, 0.15) is 35.6 Å². The minimum Gasteiger partial charge on any atom is -0.493 e. The number of benzene rings is 2. The van der Waals surface area contributed by atoms with E-state index in [1.807, 2.05) is 6.07 Å². The fourth-order valence-corrected chi connectivity index (χ4v) is 3.93. The van der Waals surface area contributed by atoms with E-state index < -0.39 is 0 Å². The minimum atomic E-state index is 0.249. The fraction of sp³-hybridized carbons (Fsp3) is 0.381. The van der Waals surface area contributed by atoms with Gasteiger partial charge in [-0.3, -0.25) is 0 Å². The van der Waals surface area contributed by atoms with Gasteiger partial charge in [-0.15, -0.1) is 0 Å². The zero-order valence-electron chi connectivity index (χ0n) is 15.8. The maximum Gasteiger partial charge on any atom is 0.173 e. The Kier molecular flexibility index (Phi) is 5.67. The van der Waals surface area contributed by atoms with Gasteiger partial charge >= 0.3 is 0 Å². The molecule has 1 heterocycles. The van der Waals surface area contributed by atoms with E-state index >= 15 is 0 Å². The van der Waals surface area contributed by atoms with Crippen molar-refractivity contribution in [3.63, 3.8) is 0 Å². The Balaban J connectivity index is 1.83. The van der Waals surface area contributed by atoms with Crippen molar-refractivity contribution in [2.24, 2.45) is 0 Å². The number of methoxy groups -OCH3 is 2. The summed E-state index contributed by atoms with van der Waals surface area (Å²) in [6, 6.07) is 12.7. The molecule has 2 aromatic carbocycles. The lowest BCUT2D eigenvalue weighted by Gasteiger charge is -2.29. The number of hydrogen-bond donors (Lipinski definition) is 1. The first-order chi connectivity index (χ1) is 12.5. The van der Waals surface area contributed by atoms with Crippen molar-refractivity contribution in [3.8, 4) is 11.5 Å². The van der Waals surface area contributed by atoms with Crippen molar-refractivity contribution < 1.29 is 9.47 Å². The second kappa shape index (κ2) is 7.96. The Bertz CT molecular complexity index is 786. The van der Waals surface area contributed by atoms with Gasteiger partial charge in [-0.1, -0.05) is 24.3 Å². The van der Waals surface area contributed by atoms with Crippen LogP contribution >= 0.6 is 12.2 Å². The highest BCUT2D eigenvalue weighted by Gasteiger charge is 2.29. The van der Waals surface area contributed by atoms with E-state index in [2.05, 4.69) is 54.4 Å². The molecule has 0 saturated carbocycles. The Morgan fingerprint density at radius 3 is 2.42 bits per heavy atom. The molecule has 2 aromatic rings. The first kappa shape index (κ1) is 18.5. The molecule has 1 aliphatic heterocycles. The van der Waals surface area contributed by atoms with E-state index in [9.17, 15) is 0 Å². The van der Waals surface area contributed by atoms with Crippen molar-refractivity contribution >= 4 is 23.0 Å². The van der Waals surface area contributed by atoms with Crippen LogP contribution in [0.25, 0.3) is 0 Å². The van der Waals surface area contributed by atoms with Gasteiger partial charge in [-0.25, -0.2) is 0 Å². The lowest BCUT2D eigenvalue weighted by Crippen LogP contribution is -2.34. The Morgan fingerprint density at radius 1 is 1.08 bits per heavy atom. The van der Waals surface area contributed by atoms with Crippen LogP contribution in [0, 0.1) is 13.8 Å². The quantitative estimate of drug-likeness (QED) is 0.778. The molecule has 0 amide bonds. The molecule has 1 saturated heterocycles. The van der Waals surface area contributed by atoms with E-state index in [4.69, 9.17) is 21.7 Å². The molecule has 1 aliphatic rings. The van der Waals surface area contributed by atoms with Gasteiger partial charge in [0.05, 0.1) is 20.3 Å². The average Bonchev–Trinajstić information content (AvgIpc) is 3.14. The van der Waals surface area contributed by atoms with Gasteiger partial charge in [0.15, 0.2) is 16.6 Å². The molecule has 0 radical (unpaired) electrons. The van der Waals surface area contributed by atoms with Crippen LogP contribution < -0.4 is 14.8 Å². The predicted molar refractivity (Wildman–Crippen MR) is 110 cm³/mol. The van der Waals surface area contributed by atoms with E-state index in [1.54, 1.807) is 14.2 Å². The third-order valence-corrected chi connectivity index (χ3v) is 5.36. The van der Waals surface area contributed by atoms with E-state index in [0.29, 0.717) is 0 Å². The Hall–Kier alpha value is -2.27. The molecule has 138 valence electrons. The number of rotatable bonds is 4. The number of ether oxygens (including phenoxy) is 2. The number of nitrogens with one attached hydrogen (secondary N) is 1. The van der Waals surface area contributed by atoms with E-state index in [0.717, 1.165) is 41.7 Å². The number of thiocarbonyl (C=S) groups is 1. The summed E-state index contributed by atoms with van der Waals surface area (Å²) in [6.07, 6.45) is 2.19. The Labute approximate surface area is 161 Å². The molecule has 3 rings (SSSR count). The van der Waals surface area contributed by atoms with Crippen molar-refractivity contribution in [2.75, 3.05) is 26.1 Å². The maximum atomic E-state index is 5.76. The van der Waals surface area contributed by atoms with Crippen LogP contribution in [0.5, 0.6) is 11.5 Å². The number of nitrogens with zero attached hydrogens (tertiary/aromatic N) is 1. The standard InChI is InChI=1S/C21H26N2O2S/c1-14-7-5-8-15(2)20(14)22-21(26)23-12-6-9-17(23)16-10-11-18(24-3)19(13-16)25-4/h5,7-8,10-11,13,17H,6,9,12H2,1-4H3,(H,22,26)/t17-/m1/s1. The number of anilines is 1. The van der Waals surface area contributed by atoms with Crippen LogP contribution in [-0.4, -0.2) is 30.8 Å². The zero-order chi connectivity index (χ0) is 18.7. The smallest absolute Gasteiger partial charge is 0.173 e. The first-order valence-electron chi connectivity index (χ1n) is 8.91. The SMILES string of the molecule is COc1ccc([C@H]2CCCN2C(=S)Nc2c(C)cccc2C)cc1OC. The van der Waals surface area contributed by atoms with Gasteiger partial charge in [0.25, 0.3) is 0 Å². The van der Waals surface area contributed by atoms with E-state index in [1.165, 1.54) is 16.7 Å². The molecule has 5 heteroatoms. The number of para-hydroxylation sites is 1. The van der Waals surface area contributed by atoms with E-state index in [-0.39, 0.29) is 6.04 Å². The molecule has 0 bridgehead atoms. The van der Waals surface area contributed by atoms with Crippen LogP contribution in [0.2, 0.25) is 0 Å². The lowest BCUT2D eigenvalue weighted by molar-refractivity contribution is 0.351. The zero-order valence-corrected chi connectivity index (χ0v) is 16.7. The highest BCUT2D eigenvalue weighted by molar-refractivity contribution is 7.80. The molecule has 1 N–H and O–H groups in total. The van der Waals surface area contributed by atoms with Crippen molar-refractivity contribution in [1.82, 2.24) is 4.90 Å². The summed E-state index contributed by atoms with van der Waals surface area (Å²) < 4.78 is 10.8. The summed E-state index contributed by atoms with van der Waals surface area (Å²) in [4.78, 5) is 2.28. The molecule has 4 nitrogen and oxygen atoms in total. The molecule has 0 aliphatic carbocycles. The van der Waals surface area contributed by atoms with Crippen LogP contribution in [0.3, 0.4) is 0 Å². The van der Waals surface area contributed by atoms with Crippen molar-refractivity contribution in [2.45, 2.75) is 32.7 Å². The van der Waals surface area contributed by atoms with Crippen molar-refractivity contribution in [1.29, 1.82) is 0 Å². The largest absolute Gasteiger partial charge is 0.493 e. The monoisotopic (exact) mass is 370 g/mol. The number of likely N-dealkylation sites (tertiary alicyclic amines) is 1. The Morgan fingerprint density at radius 2 is 1.77 bits per heavy atom. The summed E-state index contributed by atoms with van der Waals surface area (Å²) in [7, 11) is 3.32. The second-order valence-corrected chi connectivity index (χ2v) is 7.05. The van der Waals surface area contributed by atoms with Gasteiger partial charge in [-0.2, -0.15) is 0 Å². The van der Waals surface area contributed by atoms with Gasteiger partial charge in [-0.05, 0) is 67.7 Å². The van der Waals surface area contributed by atoms with Gasteiger partial charge in [0, 0.05) is 12.2 Å². The molecule has 26 heavy (non-hydrogen) atoms. The van der Waals surface area contributed by atoms with Crippen LogP contribution in [-0.2, 0) is 0 Å². The average molecular weight is 371 g/mol. The summed E-state index contributed by atoms with van der Waals surface area (Å²) in [6.45, 7) is 5.16. The third-order valence-electron chi connectivity index (χ3n) is 5.02. The number of aryl methyl sites for hydroxylation is 2. The molecule has 1 atom stereocenters. The molecule has 1 fully saturated rings. The summed E-state index contributed by atoms with van der Waals surface area (Å²) in [5.74, 6) is 1.50.